The number of carbonyl (C=O) groups is 1. The highest BCUT2D eigenvalue weighted by molar-refractivity contribution is 9.10. The monoisotopic (exact) mass is 229 g/mol. The summed E-state index contributed by atoms with van der Waals surface area (Å²) in [4.78, 5) is 11.6. The number of halogens is 1. The zero-order chi connectivity index (χ0) is 9.35. The summed E-state index contributed by atoms with van der Waals surface area (Å²) in [6, 6.07) is 1.85. The molecule has 0 saturated carbocycles. The van der Waals surface area contributed by atoms with Crippen molar-refractivity contribution in [3.63, 3.8) is 0 Å². The minimum Gasteiger partial charge on any atom is -0.293 e. The molecule has 1 heterocycles. The van der Waals surface area contributed by atoms with E-state index in [-0.39, 0.29) is 11.3 Å². The molecular weight excluding hydrogens is 218 g/mol. The first kappa shape index (κ1) is 9.52. The van der Waals surface area contributed by atoms with Crippen molar-refractivity contribution in [3.05, 3.63) is 22.9 Å². The number of aromatic nitrogens is 1. The fourth-order valence-corrected chi connectivity index (χ4v) is 1.22. The smallest absolute Gasteiger partial charge is 0.235 e. The van der Waals surface area contributed by atoms with Gasteiger partial charge in [0.15, 0.2) is 0 Å². The van der Waals surface area contributed by atoms with E-state index in [0.717, 1.165) is 4.47 Å². The minimum absolute atomic E-state index is 0.105. The molecule has 3 heteroatoms. The largest absolute Gasteiger partial charge is 0.293 e. The van der Waals surface area contributed by atoms with Gasteiger partial charge in [0, 0.05) is 22.3 Å². The van der Waals surface area contributed by atoms with E-state index in [9.17, 15) is 4.79 Å². The molecule has 0 aromatic carbocycles. The molecule has 0 aliphatic heterocycles. The first-order valence-corrected chi connectivity index (χ1v) is 4.59. The van der Waals surface area contributed by atoms with Crippen LogP contribution in [-0.4, -0.2) is 10.5 Å². The summed E-state index contributed by atoms with van der Waals surface area (Å²) in [5, 5.41) is 0. The molecule has 0 aliphatic carbocycles. The van der Waals surface area contributed by atoms with Gasteiger partial charge in [0.2, 0.25) is 5.91 Å². The zero-order valence-electron chi connectivity index (χ0n) is 7.47. The normalized spacial score (nSPS) is 11.7. The Labute approximate surface area is 80.7 Å². The molecule has 0 amide bonds. The maximum atomic E-state index is 11.6. The number of carbonyl (C=O) groups excluding carboxylic acids is 1. The van der Waals surface area contributed by atoms with Crippen molar-refractivity contribution in [3.8, 4) is 0 Å². The van der Waals surface area contributed by atoms with Crippen LogP contribution in [0.2, 0.25) is 0 Å². The summed E-state index contributed by atoms with van der Waals surface area (Å²) in [7, 11) is 0. The fraction of sp³-hybridized carbons (Fsp3) is 0.444. The standard InChI is InChI=1S/C9H12BrNO/c1-9(2,3)8(12)11-5-4-7(10)6-11/h4-6H,1-3H3. The molecule has 1 aromatic heterocycles. The van der Waals surface area contributed by atoms with Crippen LogP contribution in [0.4, 0.5) is 0 Å². The van der Waals surface area contributed by atoms with E-state index in [1.54, 1.807) is 17.0 Å². The van der Waals surface area contributed by atoms with Gasteiger partial charge >= 0.3 is 0 Å². The highest BCUT2D eigenvalue weighted by Gasteiger charge is 2.22. The molecule has 0 N–H and O–H groups in total. The molecule has 0 bridgehead atoms. The maximum Gasteiger partial charge on any atom is 0.235 e. The molecule has 0 saturated heterocycles. The number of nitrogens with zero attached hydrogens (tertiary/aromatic N) is 1. The molecule has 2 nitrogen and oxygen atoms in total. The van der Waals surface area contributed by atoms with Gasteiger partial charge in [0.25, 0.3) is 0 Å². The predicted octanol–water partition coefficient (Wildman–Crippen LogP) is 2.94. The lowest BCUT2D eigenvalue weighted by molar-refractivity contribution is 0.0767. The summed E-state index contributed by atoms with van der Waals surface area (Å²) in [6.45, 7) is 5.72. The molecule has 0 atom stereocenters. The highest BCUT2D eigenvalue weighted by atomic mass is 79.9. The Morgan fingerprint density at radius 3 is 2.42 bits per heavy atom. The molecule has 0 radical (unpaired) electrons. The Balaban J connectivity index is 2.93. The Morgan fingerprint density at radius 2 is 2.08 bits per heavy atom. The van der Waals surface area contributed by atoms with Crippen molar-refractivity contribution in [2.75, 3.05) is 0 Å². The quantitative estimate of drug-likeness (QED) is 0.671. The van der Waals surface area contributed by atoms with Crippen LogP contribution >= 0.6 is 15.9 Å². The first-order chi connectivity index (χ1) is 5.41. The van der Waals surface area contributed by atoms with Crippen LogP contribution in [0.5, 0.6) is 0 Å². The third-order valence-electron chi connectivity index (χ3n) is 1.53. The molecule has 0 spiro atoms. The van der Waals surface area contributed by atoms with E-state index < -0.39 is 0 Å². The second-order valence-corrected chi connectivity index (χ2v) is 4.71. The van der Waals surface area contributed by atoms with Crippen LogP contribution < -0.4 is 0 Å². The summed E-state index contributed by atoms with van der Waals surface area (Å²) in [6.07, 6.45) is 3.53. The lowest BCUT2D eigenvalue weighted by Crippen LogP contribution is -2.25. The van der Waals surface area contributed by atoms with Gasteiger partial charge in [0.1, 0.15) is 0 Å². The van der Waals surface area contributed by atoms with Gasteiger partial charge < -0.3 is 0 Å². The van der Waals surface area contributed by atoms with Crippen molar-refractivity contribution in [2.24, 2.45) is 5.41 Å². The number of rotatable bonds is 0. The Morgan fingerprint density at radius 1 is 1.50 bits per heavy atom. The topological polar surface area (TPSA) is 22.0 Å². The summed E-state index contributed by atoms with van der Waals surface area (Å²) < 4.78 is 2.53. The average Bonchev–Trinajstić information content (AvgIpc) is 2.32. The molecular formula is C9H12BrNO. The third kappa shape index (κ3) is 1.97. The highest BCUT2D eigenvalue weighted by Crippen LogP contribution is 2.18. The lowest BCUT2D eigenvalue weighted by atomic mass is 9.96. The van der Waals surface area contributed by atoms with Crippen molar-refractivity contribution >= 4 is 21.8 Å². The van der Waals surface area contributed by atoms with Crippen LogP contribution in [0.15, 0.2) is 22.9 Å². The summed E-state index contributed by atoms with van der Waals surface area (Å²) >= 11 is 3.29. The lowest BCUT2D eigenvalue weighted by Gasteiger charge is -2.16. The summed E-state index contributed by atoms with van der Waals surface area (Å²) in [5.74, 6) is 0.105. The van der Waals surface area contributed by atoms with E-state index in [1.807, 2.05) is 26.8 Å². The van der Waals surface area contributed by atoms with Crippen LogP contribution in [0.25, 0.3) is 0 Å². The van der Waals surface area contributed by atoms with Crippen molar-refractivity contribution in [1.29, 1.82) is 0 Å². The average molecular weight is 230 g/mol. The van der Waals surface area contributed by atoms with Crippen LogP contribution in [0, 0.1) is 5.41 Å². The van der Waals surface area contributed by atoms with Crippen molar-refractivity contribution < 1.29 is 4.79 Å². The van der Waals surface area contributed by atoms with Gasteiger partial charge in [-0.1, -0.05) is 20.8 Å². The van der Waals surface area contributed by atoms with E-state index in [0.29, 0.717) is 0 Å². The van der Waals surface area contributed by atoms with Gasteiger partial charge in [-0.25, -0.2) is 0 Å². The van der Waals surface area contributed by atoms with Gasteiger partial charge in [-0.3, -0.25) is 9.36 Å². The Kier molecular flexibility index (Phi) is 2.42. The predicted molar refractivity (Wildman–Crippen MR) is 52.2 cm³/mol. The van der Waals surface area contributed by atoms with Crippen LogP contribution in [-0.2, 0) is 0 Å². The SMILES string of the molecule is CC(C)(C)C(=O)n1ccc(Br)c1. The second kappa shape index (κ2) is 3.05. The molecule has 0 fully saturated rings. The number of hydrogen-bond donors (Lipinski definition) is 0. The molecule has 1 aromatic rings. The van der Waals surface area contributed by atoms with Gasteiger partial charge in [-0.2, -0.15) is 0 Å². The van der Waals surface area contributed by atoms with E-state index in [4.69, 9.17) is 0 Å². The molecule has 66 valence electrons. The molecule has 12 heavy (non-hydrogen) atoms. The van der Waals surface area contributed by atoms with Crippen molar-refractivity contribution in [1.82, 2.24) is 4.57 Å². The van der Waals surface area contributed by atoms with Gasteiger partial charge in [0.05, 0.1) is 0 Å². The van der Waals surface area contributed by atoms with Crippen LogP contribution in [0.3, 0.4) is 0 Å². The van der Waals surface area contributed by atoms with E-state index in [2.05, 4.69) is 15.9 Å². The van der Waals surface area contributed by atoms with Crippen LogP contribution in [0.1, 0.15) is 25.6 Å². The minimum atomic E-state index is -0.321. The van der Waals surface area contributed by atoms with Gasteiger partial charge in [-0.05, 0) is 22.0 Å². The number of hydrogen-bond acceptors (Lipinski definition) is 1. The Bertz CT molecular complexity index is 296. The third-order valence-corrected chi connectivity index (χ3v) is 2.00. The molecule has 1 rings (SSSR count). The maximum absolute atomic E-state index is 11.6. The van der Waals surface area contributed by atoms with E-state index in [1.165, 1.54) is 0 Å². The zero-order valence-corrected chi connectivity index (χ0v) is 9.05. The fourth-order valence-electron chi connectivity index (χ4n) is 0.884. The second-order valence-electron chi connectivity index (χ2n) is 3.79. The summed E-state index contributed by atoms with van der Waals surface area (Å²) in [5.41, 5.74) is -0.321. The molecule has 0 aliphatic rings. The van der Waals surface area contributed by atoms with E-state index >= 15 is 0 Å². The Hall–Kier alpha value is -0.570. The molecule has 0 unspecified atom stereocenters. The van der Waals surface area contributed by atoms with Gasteiger partial charge in [-0.15, -0.1) is 0 Å². The first-order valence-electron chi connectivity index (χ1n) is 3.79. The van der Waals surface area contributed by atoms with Crippen molar-refractivity contribution in [2.45, 2.75) is 20.8 Å².